The van der Waals surface area contributed by atoms with Gasteiger partial charge in [-0.15, -0.1) is 0 Å². The first-order valence-corrected chi connectivity index (χ1v) is 6.70. The molecule has 1 unspecified atom stereocenters. The number of allylic oxidation sites excluding steroid dienone is 1. The van der Waals surface area contributed by atoms with Crippen LogP contribution in [0.5, 0.6) is 0 Å². The molecule has 0 saturated carbocycles. The fraction of sp³-hybridized carbons (Fsp3) is 0.643. The van der Waals surface area contributed by atoms with Gasteiger partial charge < -0.3 is 10.5 Å². The highest BCUT2D eigenvalue weighted by molar-refractivity contribution is 5.71. The van der Waals surface area contributed by atoms with Gasteiger partial charge in [-0.2, -0.15) is 13.2 Å². The van der Waals surface area contributed by atoms with E-state index in [-0.39, 0.29) is 11.4 Å². The largest absolute Gasteiger partial charge is 0.444 e. The van der Waals surface area contributed by atoms with Crippen LogP contribution in [0.3, 0.4) is 0 Å². The smallest absolute Gasteiger partial charge is 0.412 e. The number of amides is 1. The Balaban J connectivity index is 2.95. The minimum atomic E-state index is -4.49. The third-order valence-electron chi connectivity index (χ3n) is 3.26. The van der Waals surface area contributed by atoms with E-state index >= 15 is 0 Å². The fourth-order valence-electron chi connectivity index (χ4n) is 2.06. The number of hydrogen-bond donors (Lipinski definition) is 2. The number of ether oxygens (including phenoxy) is 1. The minimum absolute atomic E-state index is 0.0561. The number of nitrogens with two attached hydrogens (primary N) is 1. The van der Waals surface area contributed by atoms with Gasteiger partial charge in [0.25, 0.3) is 0 Å². The molecule has 1 amide bonds. The molecule has 0 aromatic carbocycles. The van der Waals surface area contributed by atoms with Crippen LogP contribution in [0, 0.1) is 0 Å². The number of rotatable bonds is 2. The molecule has 22 heavy (non-hydrogen) atoms. The molecule has 1 atom stereocenters. The lowest BCUT2D eigenvalue weighted by Crippen LogP contribution is -2.56. The molecular formula is C14H22F3N3O2. The van der Waals surface area contributed by atoms with Gasteiger partial charge in [0.15, 0.2) is 0 Å². The molecular weight excluding hydrogens is 299 g/mol. The van der Waals surface area contributed by atoms with Crippen LogP contribution in [0.1, 0.15) is 27.2 Å². The summed E-state index contributed by atoms with van der Waals surface area (Å²) >= 11 is 0. The van der Waals surface area contributed by atoms with Gasteiger partial charge in [-0.05, 0) is 40.9 Å². The second kappa shape index (κ2) is 5.83. The first-order valence-electron chi connectivity index (χ1n) is 6.70. The Kier molecular flexibility index (Phi) is 4.86. The summed E-state index contributed by atoms with van der Waals surface area (Å²) in [4.78, 5) is 12.7. The quantitative estimate of drug-likeness (QED) is 0.820. The molecule has 0 radical (unpaired) electrons. The van der Waals surface area contributed by atoms with Crippen LogP contribution in [0.25, 0.3) is 0 Å². The van der Waals surface area contributed by atoms with Gasteiger partial charge in [-0.3, -0.25) is 10.2 Å². The third kappa shape index (κ3) is 3.94. The van der Waals surface area contributed by atoms with Crippen LogP contribution in [0.4, 0.5) is 18.0 Å². The summed E-state index contributed by atoms with van der Waals surface area (Å²) in [5, 5.41) is 2.37. The molecule has 0 fully saturated rings. The molecule has 1 aliphatic carbocycles. The zero-order chi connectivity index (χ0) is 17.3. The van der Waals surface area contributed by atoms with E-state index in [0.717, 1.165) is 17.1 Å². The highest BCUT2D eigenvalue weighted by atomic mass is 19.4. The molecule has 0 saturated heterocycles. The Hall–Kier alpha value is -1.70. The molecule has 0 bridgehead atoms. The van der Waals surface area contributed by atoms with E-state index in [9.17, 15) is 18.0 Å². The lowest BCUT2D eigenvalue weighted by atomic mass is 9.86. The summed E-state index contributed by atoms with van der Waals surface area (Å²) in [6.45, 7) is 5.05. The van der Waals surface area contributed by atoms with Gasteiger partial charge in [0.1, 0.15) is 11.1 Å². The fourth-order valence-corrected chi connectivity index (χ4v) is 2.06. The molecule has 126 valence electrons. The summed E-state index contributed by atoms with van der Waals surface area (Å²) in [6, 6.07) is 0. The van der Waals surface area contributed by atoms with E-state index in [1.165, 1.54) is 14.1 Å². The number of alkyl halides is 3. The van der Waals surface area contributed by atoms with Gasteiger partial charge in [0.2, 0.25) is 0 Å². The van der Waals surface area contributed by atoms with E-state index in [4.69, 9.17) is 10.5 Å². The summed E-state index contributed by atoms with van der Waals surface area (Å²) in [7, 11) is 2.66. The number of hydrogen-bond acceptors (Lipinski definition) is 4. The Labute approximate surface area is 128 Å². The zero-order valence-electron chi connectivity index (χ0n) is 13.3. The number of carbonyl (C=O) groups excluding carboxylic acids is 1. The van der Waals surface area contributed by atoms with Crippen molar-refractivity contribution in [2.24, 2.45) is 5.73 Å². The van der Waals surface area contributed by atoms with Crippen molar-refractivity contribution in [3.63, 3.8) is 0 Å². The predicted octanol–water partition coefficient (Wildman–Crippen LogP) is 2.50. The lowest BCUT2D eigenvalue weighted by Gasteiger charge is -2.41. The molecule has 0 aromatic rings. The van der Waals surface area contributed by atoms with Crippen molar-refractivity contribution in [2.75, 3.05) is 14.1 Å². The van der Waals surface area contributed by atoms with Crippen LogP contribution in [-0.4, -0.2) is 42.4 Å². The van der Waals surface area contributed by atoms with Gasteiger partial charge in [0.05, 0.1) is 5.70 Å². The Bertz CT molecular complexity index is 504. The predicted molar refractivity (Wildman–Crippen MR) is 76.8 cm³/mol. The molecule has 0 aromatic heterocycles. The number of nitrogens with one attached hydrogen (secondary N) is 1. The Morgan fingerprint density at radius 2 is 1.91 bits per heavy atom. The maximum Gasteiger partial charge on any atom is 0.412 e. The SMILES string of the molecule is CN(C)C1(C(F)(F)F)C=CC(NC(=O)OC(C)(C)C)=C(N)C1. The van der Waals surface area contributed by atoms with Gasteiger partial charge in [-0.25, -0.2) is 4.79 Å². The van der Waals surface area contributed by atoms with Gasteiger partial charge in [0, 0.05) is 12.1 Å². The van der Waals surface area contributed by atoms with Crippen LogP contribution < -0.4 is 11.1 Å². The molecule has 8 heteroatoms. The third-order valence-corrected chi connectivity index (χ3v) is 3.26. The number of likely N-dealkylation sites (N-methyl/N-ethyl adjacent to an activating group) is 1. The first kappa shape index (κ1) is 18.3. The van der Waals surface area contributed by atoms with Gasteiger partial charge in [-0.1, -0.05) is 6.08 Å². The molecule has 0 aliphatic heterocycles. The van der Waals surface area contributed by atoms with Crippen molar-refractivity contribution in [1.29, 1.82) is 0 Å². The van der Waals surface area contributed by atoms with Gasteiger partial charge >= 0.3 is 12.3 Å². The second-order valence-electron chi connectivity index (χ2n) is 6.39. The topological polar surface area (TPSA) is 67.6 Å². The summed E-state index contributed by atoms with van der Waals surface area (Å²) in [5.74, 6) is 0. The first-order chi connectivity index (χ1) is 9.78. The summed E-state index contributed by atoms with van der Waals surface area (Å²) < 4.78 is 45.1. The molecule has 3 N–H and O–H groups in total. The molecule has 1 aliphatic rings. The van der Waals surface area contributed by atoms with E-state index in [1.807, 2.05) is 0 Å². The molecule has 5 nitrogen and oxygen atoms in total. The van der Waals surface area contributed by atoms with Crippen molar-refractivity contribution in [3.05, 3.63) is 23.5 Å². The molecule has 0 heterocycles. The van der Waals surface area contributed by atoms with E-state index in [0.29, 0.717) is 0 Å². The average Bonchev–Trinajstić information content (AvgIpc) is 2.27. The van der Waals surface area contributed by atoms with Crippen LogP contribution in [0.2, 0.25) is 0 Å². The highest BCUT2D eigenvalue weighted by Gasteiger charge is 2.56. The minimum Gasteiger partial charge on any atom is -0.444 e. The second-order valence-corrected chi connectivity index (χ2v) is 6.39. The zero-order valence-corrected chi connectivity index (χ0v) is 13.3. The van der Waals surface area contributed by atoms with Crippen LogP contribution >= 0.6 is 0 Å². The summed E-state index contributed by atoms with van der Waals surface area (Å²) in [5.41, 5.74) is 2.90. The van der Waals surface area contributed by atoms with E-state index < -0.39 is 29.8 Å². The van der Waals surface area contributed by atoms with Crippen molar-refractivity contribution in [1.82, 2.24) is 10.2 Å². The standard InChI is InChI=1S/C14H22F3N3O2/c1-12(2,3)22-11(21)19-10-6-7-13(20(4)5,8-9(10)18)14(15,16)17/h6-7H,8,18H2,1-5H3,(H,19,21). The van der Waals surface area contributed by atoms with Crippen molar-refractivity contribution in [2.45, 2.75) is 44.5 Å². The van der Waals surface area contributed by atoms with Crippen molar-refractivity contribution in [3.8, 4) is 0 Å². The maximum atomic E-state index is 13.3. The Morgan fingerprint density at radius 3 is 2.27 bits per heavy atom. The molecule has 0 spiro atoms. The number of carbonyl (C=O) groups is 1. The number of alkyl carbamates (subject to hydrolysis) is 1. The summed E-state index contributed by atoms with van der Waals surface area (Å²) in [6.07, 6.45) is -3.56. The molecule has 1 rings (SSSR count). The van der Waals surface area contributed by atoms with E-state index in [1.54, 1.807) is 20.8 Å². The Morgan fingerprint density at radius 1 is 1.36 bits per heavy atom. The number of nitrogens with zero attached hydrogens (tertiary/aromatic N) is 1. The average molecular weight is 321 g/mol. The lowest BCUT2D eigenvalue weighted by molar-refractivity contribution is -0.207. The maximum absolute atomic E-state index is 13.3. The van der Waals surface area contributed by atoms with Crippen molar-refractivity contribution < 1.29 is 22.7 Å². The number of halogens is 3. The highest BCUT2D eigenvalue weighted by Crippen LogP contribution is 2.41. The van der Waals surface area contributed by atoms with E-state index in [2.05, 4.69) is 5.32 Å². The monoisotopic (exact) mass is 321 g/mol. The van der Waals surface area contributed by atoms with Crippen LogP contribution in [-0.2, 0) is 4.74 Å². The normalized spacial score (nSPS) is 23.0. The van der Waals surface area contributed by atoms with Crippen LogP contribution in [0.15, 0.2) is 23.5 Å². The van der Waals surface area contributed by atoms with Crippen molar-refractivity contribution >= 4 is 6.09 Å².